The normalized spacial score (nSPS) is 10.8. The predicted octanol–water partition coefficient (Wildman–Crippen LogP) is 3.40. The van der Waals surface area contributed by atoms with E-state index in [9.17, 15) is 9.59 Å². The van der Waals surface area contributed by atoms with Crippen molar-refractivity contribution in [1.29, 1.82) is 0 Å². The maximum Gasteiger partial charge on any atom is 0.329 e. The lowest BCUT2D eigenvalue weighted by molar-refractivity contribution is -0.139. The largest absolute Gasteiger partial charge is 0.493 e. The first-order chi connectivity index (χ1) is 14.2. The van der Waals surface area contributed by atoms with E-state index >= 15 is 0 Å². The van der Waals surface area contributed by atoms with Gasteiger partial charge < -0.3 is 10.1 Å². The molecule has 0 heterocycles. The molecule has 0 saturated heterocycles. The average Bonchev–Trinajstić information content (AvgIpc) is 2.77. The Hall–Kier alpha value is -3.67. The molecule has 3 rings (SSSR count). The zero-order valence-corrected chi connectivity index (χ0v) is 16.2. The van der Waals surface area contributed by atoms with Crippen LogP contribution in [0.25, 0.3) is 10.8 Å². The maximum atomic E-state index is 12.0. The van der Waals surface area contributed by atoms with Crippen LogP contribution in [-0.2, 0) is 16.1 Å². The van der Waals surface area contributed by atoms with Crippen LogP contribution in [0.3, 0.4) is 0 Å². The molecule has 0 aromatic heterocycles. The van der Waals surface area contributed by atoms with Gasteiger partial charge in [0.1, 0.15) is 5.75 Å². The molecule has 0 unspecified atom stereocenters. The third kappa shape index (κ3) is 5.42. The molecule has 0 atom stereocenters. The molecule has 6 heteroatoms. The Balaban J connectivity index is 1.67. The molecule has 2 N–H and O–H groups in total. The summed E-state index contributed by atoms with van der Waals surface area (Å²) >= 11 is 0. The van der Waals surface area contributed by atoms with E-state index in [4.69, 9.17) is 4.74 Å². The number of hydrogen-bond donors (Lipinski definition) is 2. The van der Waals surface area contributed by atoms with E-state index in [1.807, 2.05) is 73.7 Å². The van der Waals surface area contributed by atoms with Gasteiger partial charge in [-0.1, -0.05) is 67.6 Å². The Morgan fingerprint density at radius 1 is 0.966 bits per heavy atom. The highest BCUT2D eigenvalue weighted by Gasteiger charge is 2.12. The van der Waals surface area contributed by atoms with Crippen molar-refractivity contribution >= 4 is 28.8 Å². The summed E-state index contributed by atoms with van der Waals surface area (Å²) in [6.45, 7) is 2.88. The zero-order chi connectivity index (χ0) is 20.5. The smallest absolute Gasteiger partial charge is 0.329 e. The summed E-state index contributed by atoms with van der Waals surface area (Å²) in [5.41, 5.74) is 3.94. The minimum atomic E-state index is -0.826. The molecule has 0 saturated carbocycles. The quantitative estimate of drug-likeness (QED) is 0.369. The summed E-state index contributed by atoms with van der Waals surface area (Å²) in [6.07, 6.45) is 2.39. The van der Waals surface area contributed by atoms with E-state index < -0.39 is 11.8 Å². The zero-order valence-electron chi connectivity index (χ0n) is 16.2. The number of amides is 2. The van der Waals surface area contributed by atoms with E-state index in [1.165, 1.54) is 6.21 Å². The fraction of sp³-hybridized carbons (Fsp3) is 0.174. The van der Waals surface area contributed by atoms with Crippen LogP contribution in [0, 0.1) is 0 Å². The summed E-state index contributed by atoms with van der Waals surface area (Å²) in [6, 6.07) is 21.1. The van der Waals surface area contributed by atoms with E-state index in [-0.39, 0.29) is 6.54 Å². The fourth-order valence-electron chi connectivity index (χ4n) is 2.81. The third-order valence-corrected chi connectivity index (χ3v) is 4.25. The lowest BCUT2D eigenvalue weighted by atomic mass is 10.0. The third-order valence-electron chi connectivity index (χ3n) is 4.25. The highest BCUT2D eigenvalue weighted by atomic mass is 16.5. The molecule has 0 bridgehead atoms. The number of hydrazone groups is 1. The average molecular weight is 389 g/mol. The van der Waals surface area contributed by atoms with Crippen LogP contribution in [-0.4, -0.2) is 24.6 Å². The number of nitrogens with zero attached hydrogens (tertiary/aromatic N) is 1. The van der Waals surface area contributed by atoms with Crippen molar-refractivity contribution in [1.82, 2.24) is 10.7 Å². The Morgan fingerprint density at radius 2 is 1.72 bits per heavy atom. The Bertz CT molecular complexity index is 1020. The van der Waals surface area contributed by atoms with Crippen LogP contribution in [0.4, 0.5) is 0 Å². The first-order valence-electron chi connectivity index (χ1n) is 9.48. The second kappa shape index (κ2) is 10.0. The van der Waals surface area contributed by atoms with Crippen molar-refractivity contribution in [3.63, 3.8) is 0 Å². The van der Waals surface area contributed by atoms with E-state index in [2.05, 4.69) is 15.8 Å². The van der Waals surface area contributed by atoms with Crippen molar-refractivity contribution in [2.45, 2.75) is 19.9 Å². The van der Waals surface area contributed by atoms with E-state index in [0.717, 1.165) is 28.3 Å². The van der Waals surface area contributed by atoms with Gasteiger partial charge >= 0.3 is 11.8 Å². The lowest BCUT2D eigenvalue weighted by Gasteiger charge is -2.11. The monoisotopic (exact) mass is 389 g/mol. The number of ether oxygens (including phenoxy) is 1. The van der Waals surface area contributed by atoms with Gasteiger partial charge in [-0.2, -0.15) is 5.10 Å². The molecule has 6 nitrogen and oxygen atoms in total. The van der Waals surface area contributed by atoms with Crippen molar-refractivity contribution < 1.29 is 14.3 Å². The highest BCUT2D eigenvalue weighted by molar-refractivity contribution is 6.35. The second-order valence-corrected chi connectivity index (χ2v) is 6.41. The van der Waals surface area contributed by atoms with Crippen molar-refractivity contribution in [2.24, 2.45) is 5.10 Å². The number of hydrogen-bond acceptors (Lipinski definition) is 4. The van der Waals surface area contributed by atoms with Gasteiger partial charge in [-0.15, -0.1) is 0 Å². The van der Waals surface area contributed by atoms with Crippen LogP contribution in [0.15, 0.2) is 71.8 Å². The van der Waals surface area contributed by atoms with Gasteiger partial charge in [0.25, 0.3) is 0 Å². The Morgan fingerprint density at radius 3 is 2.52 bits per heavy atom. The topological polar surface area (TPSA) is 79.8 Å². The fourth-order valence-corrected chi connectivity index (χ4v) is 2.81. The number of carbonyl (C=O) groups is 2. The van der Waals surface area contributed by atoms with Crippen LogP contribution in [0.5, 0.6) is 5.75 Å². The number of rotatable bonds is 7. The van der Waals surface area contributed by atoms with Gasteiger partial charge in [0.2, 0.25) is 0 Å². The first-order valence-corrected chi connectivity index (χ1v) is 9.48. The minimum Gasteiger partial charge on any atom is -0.493 e. The molecule has 0 radical (unpaired) electrons. The number of fused-ring (bicyclic) bond motifs is 1. The predicted molar refractivity (Wildman–Crippen MR) is 114 cm³/mol. The van der Waals surface area contributed by atoms with Gasteiger partial charge in [-0.05, 0) is 28.8 Å². The molecule has 148 valence electrons. The van der Waals surface area contributed by atoms with Crippen molar-refractivity contribution in [3.05, 3.63) is 77.9 Å². The molecule has 0 aliphatic carbocycles. The molecule has 0 fully saturated rings. The number of carbonyl (C=O) groups excluding carboxylic acids is 2. The molecule has 29 heavy (non-hydrogen) atoms. The minimum absolute atomic E-state index is 0.273. The van der Waals surface area contributed by atoms with Gasteiger partial charge in [-0.25, -0.2) is 5.43 Å². The molecule has 0 spiro atoms. The molecule has 0 aliphatic heterocycles. The summed E-state index contributed by atoms with van der Waals surface area (Å²) in [4.78, 5) is 24.0. The Labute approximate surface area is 169 Å². The molecular formula is C23H23N3O3. The highest BCUT2D eigenvalue weighted by Crippen LogP contribution is 2.26. The summed E-state index contributed by atoms with van der Waals surface area (Å²) in [5.74, 6) is -0.892. The lowest BCUT2D eigenvalue weighted by Crippen LogP contribution is -2.37. The molecule has 3 aromatic carbocycles. The van der Waals surface area contributed by atoms with E-state index in [1.54, 1.807) is 0 Å². The van der Waals surface area contributed by atoms with Crippen molar-refractivity contribution in [3.8, 4) is 5.75 Å². The van der Waals surface area contributed by atoms with Crippen molar-refractivity contribution in [2.75, 3.05) is 6.61 Å². The van der Waals surface area contributed by atoms with E-state index in [0.29, 0.717) is 12.4 Å². The van der Waals surface area contributed by atoms with Gasteiger partial charge in [-0.3, -0.25) is 9.59 Å². The Kier molecular flexibility index (Phi) is 6.95. The number of nitrogens with one attached hydrogen (secondary N) is 2. The van der Waals surface area contributed by atoms with Crippen LogP contribution < -0.4 is 15.5 Å². The van der Waals surface area contributed by atoms with Crippen LogP contribution in [0.2, 0.25) is 0 Å². The molecule has 3 aromatic rings. The first kappa shape index (κ1) is 20.1. The molecule has 2 amide bonds. The SMILES string of the molecule is CCCOc1ccc2ccccc2c1/C=N\NC(=O)C(=O)NCc1ccccc1. The maximum absolute atomic E-state index is 12.0. The second-order valence-electron chi connectivity index (χ2n) is 6.41. The van der Waals surface area contributed by atoms with Gasteiger partial charge in [0.15, 0.2) is 0 Å². The van der Waals surface area contributed by atoms with Gasteiger partial charge in [0.05, 0.1) is 12.8 Å². The molecular weight excluding hydrogens is 366 g/mol. The summed E-state index contributed by atoms with van der Waals surface area (Å²) in [7, 11) is 0. The summed E-state index contributed by atoms with van der Waals surface area (Å²) in [5, 5.41) is 8.52. The molecule has 0 aliphatic rings. The summed E-state index contributed by atoms with van der Waals surface area (Å²) < 4.78 is 5.80. The van der Waals surface area contributed by atoms with Crippen LogP contribution >= 0.6 is 0 Å². The number of benzene rings is 3. The van der Waals surface area contributed by atoms with Gasteiger partial charge in [0, 0.05) is 12.1 Å². The van der Waals surface area contributed by atoms with Crippen LogP contribution in [0.1, 0.15) is 24.5 Å². The standard InChI is InChI=1S/C23H23N3O3/c1-2-14-29-21-13-12-18-10-6-7-11-19(18)20(21)16-25-26-23(28)22(27)24-15-17-8-4-3-5-9-17/h3-13,16H,2,14-15H2,1H3,(H,24,27)(H,26,28)/b25-16-.